The standard InChI is InChI=1S/2C3H4N2.Cd.2ClH/c2*1-2-5-3-4-1;;;/h2*1-3H,(H,4,5);;2*1H/q;;+2;;/p-2. The van der Waals surface area contributed by atoms with Crippen LogP contribution in [0.3, 0.4) is 0 Å². The average Bonchev–Trinajstić information content (AvgIpc) is 2.85. The first-order valence-electron chi connectivity index (χ1n) is 3.39. The quantitative estimate of drug-likeness (QED) is 0.731. The van der Waals surface area contributed by atoms with Crippen LogP contribution in [0.1, 0.15) is 0 Å². The molecule has 68 valence electrons. The minimum Gasteiger partial charge on any atom is -0.351 e. The van der Waals surface area contributed by atoms with E-state index in [1.54, 1.807) is 37.4 Å². The van der Waals surface area contributed by atoms with Crippen molar-refractivity contribution in [2.75, 3.05) is 0 Å². The Labute approximate surface area is 95.2 Å². The number of nitrogens with one attached hydrogen (secondary N) is 2. The van der Waals surface area contributed by atoms with E-state index in [1.165, 1.54) is 0 Å². The van der Waals surface area contributed by atoms with E-state index in [1.807, 2.05) is 0 Å². The molecule has 7 heteroatoms. The molecule has 0 amide bonds. The molecule has 0 radical (unpaired) electrons. The first kappa shape index (κ1) is 12.9. The van der Waals surface area contributed by atoms with Crippen LogP contribution >= 0.6 is 16.6 Å². The van der Waals surface area contributed by atoms with Crippen LogP contribution in [0.25, 0.3) is 0 Å². The Morgan fingerprint density at radius 3 is 1.38 bits per heavy atom. The number of imidazole rings is 2. The fourth-order valence-corrected chi connectivity index (χ4v) is 0.430. The topological polar surface area (TPSA) is 57.4 Å². The molecule has 2 heterocycles. The van der Waals surface area contributed by atoms with Crippen LogP contribution in [0, 0.1) is 0 Å². The number of nitrogens with zero attached hydrogens (tertiary/aromatic N) is 2. The van der Waals surface area contributed by atoms with Crippen molar-refractivity contribution < 1.29 is 21.8 Å². The summed E-state index contributed by atoms with van der Waals surface area (Å²) >= 11 is -1.07. The summed E-state index contributed by atoms with van der Waals surface area (Å²) in [6.45, 7) is 0. The van der Waals surface area contributed by atoms with Crippen molar-refractivity contribution in [3.8, 4) is 0 Å². The van der Waals surface area contributed by atoms with Crippen molar-refractivity contribution in [2.45, 2.75) is 0 Å². The maximum atomic E-state index is 4.97. The van der Waals surface area contributed by atoms with E-state index in [2.05, 4.69) is 19.9 Å². The van der Waals surface area contributed by atoms with Crippen LogP contribution in [-0.2, 0) is 21.8 Å². The van der Waals surface area contributed by atoms with Gasteiger partial charge < -0.3 is 9.97 Å². The number of hydrogen-bond donors (Lipinski definition) is 2. The predicted octanol–water partition coefficient (Wildman–Crippen LogP) is 2.20. The van der Waals surface area contributed by atoms with Gasteiger partial charge in [-0.1, -0.05) is 0 Å². The van der Waals surface area contributed by atoms with E-state index >= 15 is 0 Å². The molecule has 0 unspecified atom stereocenters. The maximum absolute atomic E-state index is 4.97. The molecule has 0 aromatic carbocycles. The number of halogens is 2. The molecule has 0 spiro atoms. The molecule has 13 heavy (non-hydrogen) atoms. The van der Waals surface area contributed by atoms with Gasteiger partial charge in [0.05, 0.1) is 12.7 Å². The normalized spacial score (nSPS) is 6.92. The van der Waals surface area contributed by atoms with Gasteiger partial charge in [-0.25, -0.2) is 9.97 Å². The van der Waals surface area contributed by atoms with Gasteiger partial charge in [-0.15, -0.1) is 0 Å². The molecule has 2 aromatic rings. The van der Waals surface area contributed by atoms with E-state index in [4.69, 9.17) is 16.6 Å². The molecular formula is C6H8CdCl2N4. The predicted molar refractivity (Wildman–Crippen MR) is 48.9 cm³/mol. The second kappa shape index (κ2) is 11.9. The van der Waals surface area contributed by atoms with Crippen LogP contribution < -0.4 is 0 Å². The van der Waals surface area contributed by atoms with Crippen molar-refractivity contribution in [2.24, 2.45) is 0 Å². The molecule has 0 saturated carbocycles. The summed E-state index contributed by atoms with van der Waals surface area (Å²) in [5, 5.41) is 0. The summed E-state index contributed by atoms with van der Waals surface area (Å²) in [6.07, 6.45) is 10.2. The van der Waals surface area contributed by atoms with Crippen LogP contribution in [-0.4, -0.2) is 19.9 Å². The fraction of sp³-hybridized carbons (Fsp3) is 0. The van der Waals surface area contributed by atoms with Gasteiger partial charge in [0.15, 0.2) is 0 Å². The Balaban J connectivity index is 0.000000174. The van der Waals surface area contributed by atoms with Crippen molar-refractivity contribution in [1.29, 1.82) is 0 Å². The second-order valence-corrected chi connectivity index (χ2v) is 7.62. The summed E-state index contributed by atoms with van der Waals surface area (Å²) in [5.74, 6) is 0. The summed E-state index contributed by atoms with van der Waals surface area (Å²) in [7, 11) is 9.95. The Morgan fingerprint density at radius 2 is 1.31 bits per heavy atom. The zero-order valence-electron chi connectivity index (χ0n) is 6.82. The molecule has 0 aliphatic heterocycles. The Hall–Kier alpha value is -0.0779. The minimum atomic E-state index is -1.07. The van der Waals surface area contributed by atoms with Gasteiger partial charge in [0, 0.05) is 24.8 Å². The molecule has 4 nitrogen and oxygen atoms in total. The van der Waals surface area contributed by atoms with Gasteiger partial charge in [0.2, 0.25) is 0 Å². The number of aromatic amines is 2. The molecule has 2 rings (SSSR count). The fourth-order valence-electron chi connectivity index (χ4n) is 0.430. The van der Waals surface area contributed by atoms with Crippen LogP contribution in [0.2, 0.25) is 0 Å². The molecule has 0 aliphatic carbocycles. The SMILES string of the molecule is [Cl][Cd][Cl].c1c[nH]cn1.c1c[nH]cn1. The average molecular weight is 319 g/mol. The number of aromatic nitrogens is 4. The Morgan fingerprint density at radius 1 is 0.923 bits per heavy atom. The molecule has 0 aliphatic rings. The zero-order valence-corrected chi connectivity index (χ0v) is 12.4. The molecule has 0 atom stereocenters. The van der Waals surface area contributed by atoms with E-state index < -0.39 is 21.8 Å². The molecule has 2 N–H and O–H groups in total. The molecule has 0 fully saturated rings. The van der Waals surface area contributed by atoms with Crippen molar-refractivity contribution in [3.05, 3.63) is 37.4 Å². The summed E-state index contributed by atoms with van der Waals surface area (Å²) in [4.78, 5) is 12.8. The Kier molecular flexibility index (Phi) is 11.9. The molecule has 0 saturated heterocycles. The maximum Gasteiger partial charge on any atom is 0.0919 e. The monoisotopic (exact) mass is 320 g/mol. The largest absolute Gasteiger partial charge is 0.351 e. The van der Waals surface area contributed by atoms with Crippen LogP contribution in [0.4, 0.5) is 0 Å². The van der Waals surface area contributed by atoms with E-state index in [9.17, 15) is 0 Å². The summed E-state index contributed by atoms with van der Waals surface area (Å²) in [5.41, 5.74) is 0. The molecular weight excluding hydrogens is 311 g/mol. The third kappa shape index (κ3) is 11.9. The van der Waals surface area contributed by atoms with Crippen molar-refractivity contribution in [1.82, 2.24) is 19.9 Å². The molecule has 0 bridgehead atoms. The first-order valence-corrected chi connectivity index (χ1v) is 13.6. The number of rotatable bonds is 0. The van der Waals surface area contributed by atoms with Gasteiger partial charge in [0.25, 0.3) is 0 Å². The molecule has 2 aromatic heterocycles. The van der Waals surface area contributed by atoms with E-state index in [0.717, 1.165) is 0 Å². The summed E-state index contributed by atoms with van der Waals surface area (Å²) in [6, 6.07) is 0. The van der Waals surface area contributed by atoms with Crippen LogP contribution in [0.5, 0.6) is 0 Å². The zero-order chi connectivity index (χ0) is 9.78. The third-order valence-electron chi connectivity index (χ3n) is 0.812. The number of hydrogen-bond acceptors (Lipinski definition) is 2. The van der Waals surface area contributed by atoms with Crippen LogP contribution in [0.15, 0.2) is 37.4 Å². The first-order chi connectivity index (χ1) is 6.41. The van der Waals surface area contributed by atoms with E-state index in [-0.39, 0.29) is 0 Å². The van der Waals surface area contributed by atoms with Crippen molar-refractivity contribution >= 4 is 16.6 Å². The van der Waals surface area contributed by atoms with Gasteiger partial charge in [0.1, 0.15) is 0 Å². The summed E-state index contributed by atoms with van der Waals surface area (Å²) < 4.78 is 0. The third-order valence-corrected chi connectivity index (χ3v) is 0.812. The van der Waals surface area contributed by atoms with Gasteiger partial charge >= 0.3 is 38.4 Å². The van der Waals surface area contributed by atoms with Gasteiger partial charge in [-0.05, 0) is 0 Å². The second-order valence-electron chi connectivity index (χ2n) is 1.62. The van der Waals surface area contributed by atoms with Gasteiger partial charge in [-0.3, -0.25) is 0 Å². The van der Waals surface area contributed by atoms with Gasteiger partial charge in [-0.2, -0.15) is 0 Å². The Bertz CT molecular complexity index is 174. The van der Waals surface area contributed by atoms with E-state index in [0.29, 0.717) is 0 Å². The minimum absolute atomic E-state index is 1.07. The van der Waals surface area contributed by atoms with Crippen molar-refractivity contribution in [3.63, 3.8) is 0 Å². The smallest absolute Gasteiger partial charge is 0.0919 e. The number of H-pyrrole nitrogens is 2.